The lowest BCUT2D eigenvalue weighted by Crippen LogP contribution is -2.11. The molecule has 0 unspecified atom stereocenters. The Morgan fingerprint density at radius 2 is 2.00 bits per heavy atom. The number of imidazole rings is 1. The summed E-state index contributed by atoms with van der Waals surface area (Å²) in [5.74, 6) is 1.06. The Kier molecular flexibility index (Phi) is 3.70. The number of carbonyl (C=O) groups is 1. The van der Waals surface area contributed by atoms with Gasteiger partial charge in [-0.05, 0) is 12.5 Å². The van der Waals surface area contributed by atoms with Crippen molar-refractivity contribution in [2.75, 3.05) is 0 Å². The summed E-state index contributed by atoms with van der Waals surface area (Å²) in [4.78, 5) is 16.1. The van der Waals surface area contributed by atoms with Crippen molar-refractivity contribution in [1.82, 2.24) is 9.55 Å². The number of aromatic nitrogens is 2. The van der Waals surface area contributed by atoms with E-state index < -0.39 is 0 Å². The molecule has 0 radical (unpaired) electrons. The fourth-order valence-electron chi connectivity index (χ4n) is 1.86. The van der Waals surface area contributed by atoms with Gasteiger partial charge in [0, 0.05) is 25.4 Å². The average molecular weight is 228 g/mol. The lowest BCUT2D eigenvalue weighted by atomic mass is 10.1. The van der Waals surface area contributed by atoms with Crippen LogP contribution in [0.15, 0.2) is 42.7 Å². The molecule has 88 valence electrons. The molecule has 3 nitrogen and oxygen atoms in total. The number of Topliss-reactive ketones (excluding diaryl/α,β-unsaturated/α-hetero) is 1. The SMILES string of the molecule is CCn1ccnc1CC(=O)Cc1ccccc1. The maximum absolute atomic E-state index is 11.9. The van der Waals surface area contributed by atoms with Gasteiger partial charge in [-0.2, -0.15) is 0 Å². The van der Waals surface area contributed by atoms with Crippen molar-refractivity contribution < 1.29 is 4.79 Å². The third-order valence-corrected chi connectivity index (χ3v) is 2.74. The van der Waals surface area contributed by atoms with Crippen LogP contribution in [0.25, 0.3) is 0 Å². The topological polar surface area (TPSA) is 34.9 Å². The summed E-state index contributed by atoms with van der Waals surface area (Å²) >= 11 is 0. The molecule has 3 heteroatoms. The number of benzene rings is 1. The molecule has 0 spiro atoms. The predicted octanol–water partition coefficient (Wildman–Crippen LogP) is 2.26. The summed E-state index contributed by atoms with van der Waals surface area (Å²) in [7, 11) is 0. The minimum Gasteiger partial charge on any atom is -0.335 e. The van der Waals surface area contributed by atoms with Crippen LogP contribution in [0.4, 0.5) is 0 Å². The van der Waals surface area contributed by atoms with Crippen molar-refractivity contribution in [2.24, 2.45) is 0 Å². The van der Waals surface area contributed by atoms with E-state index in [0.717, 1.165) is 17.9 Å². The third kappa shape index (κ3) is 3.03. The summed E-state index contributed by atoms with van der Waals surface area (Å²) in [5.41, 5.74) is 1.06. The van der Waals surface area contributed by atoms with Crippen molar-refractivity contribution >= 4 is 5.78 Å². The van der Waals surface area contributed by atoms with E-state index >= 15 is 0 Å². The Labute approximate surface area is 101 Å². The highest BCUT2D eigenvalue weighted by atomic mass is 16.1. The number of hydrogen-bond acceptors (Lipinski definition) is 2. The third-order valence-electron chi connectivity index (χ3n) is 2.74. The molecule has 0 atom stereocenters. The standard InChI is InChI=1S/C14H16N2O/c1-2-16-9-8-15-14(16)11-13(17)10-12-6-4-3-5-7-12/h3-9H,2,10-11H2,1H3. The van der Waals surface area contributed by atoms with Crippen LogP contribution in [0.5, 0.6) is 0 Å². The molecule has 17 heavy (non-hydrogen) atoms. The monoisotopic (exact) mass is 228 g/mol. The smallest absolute Gasteiger partial charge is 0.144 e. The van der Waals surface area contributed by atoms with Crippen LogP contribution in [-0.4, -0.2) is 15.3 Å². The highest BCUT2D eigenvalue weighted by Crippen LogP contribution is 2.04. The van der Waals surface area contributed by atoms with Crippen LogP contribution in [0.3, 0.4) is 0 Å². The van der Waals surface area contributed by atoms with Gasteiger partial charge in [-0.15, -0.1) is 0 Å². The molecule has 0 bridgehead atoms. The molecular formula is C14H16N2O. The van der Waals surface area contributed by atoms with Gasteiger partial charge in [-0.3, -0.25) is 4.79 Å². The molecule has 1 aromatic carbocycles. The zero-order chi connectivity index (χ0) is 12.1. The summed E-state index contributed by atoms with van der Waals surface area (Å²) in [6.07, 6.45) is 4.55. The number of nitrogens with zero attached hydrogens (tertiary/aromatic N) is 2. The largest absolute Gasteiger partial charge is 0.335 e. The van der Waals surface area contributed by atoms with Crippen molar-refractivity contribution in [3.63, 3.8) is 0 Å². The van der Waals surface area contributed by atoms with Gasteiger partial charge in [0.05, 0.1) is 6.42 Å². The fourth-order valence-corrected chi connectivity index (χ4v) is 1.86. The normalized spacial score (nSPS) is 10.4. The zero-order valence-electron chi connectivity index (χ0n) is 9.97. The molecule has 0 aliphatic carbocycles. The summed E-state index contributed by atoms with van der Waals surface area (Å²) < 4.78 is 2.00. The van der Waals surface area contributed by atoms with Gasteiger partial charge in [-0.1, -0.05) is 30.3 Å². The first-order chi connectivity index (χ1) is 8.29. The average Bonchev–Trinajstić information content (AvgIpc) is 2.77. The van der Waals surface area contributed by atoms with Crippen LogP contribution in [-0.2, 0) is 24.2 Å². The second-order valence-corrected chi connectivity index (χ2v) is 4.01. The van der Waals surface area contributed by atoms with Crippen molar-refractivity contribution in [3.8, 4) is 0 Å². The highest BCUT2D eigenvalue weighted by molar-refractivity contribution is 5.82. The molecular weight excluding hydrogens is 212 g/mol. The van der Waals surface area contributed by atoms with E-state index in [0.29, 0.717) is 12.8 Å². The van der Waals surface area contributed by atoms with E-state index in [1.165, 1.54) is 0 Å². The maximum atomic E-state index is 11.9. The van der Waals surface area contributed by atoms with Gasteiger partial charge < -0.3 is 4.57 Å². The molecule has 0 N–H and O–H groups in total. The van der Waals surface area contributed by atoms with E-state index in [-0.39, 0.29) is 5.78 Å². The summed E-state index contributed by atoms with van der Waals surface area (Å²) in [6, 6.07) is 9.82. The van der Waals surface area contributed by atoms with E-state index in [4.69, 9.17) is 0 Å². The minimum absolute atomic E-state index is 0.206. The number of aryl methyl sites for hydroxylation is 1. The zero-order valence-corrected chi connectivity index (χ0v) is 9.97. The first-order valence-electron chi connectivity index (χ1n) is 5.85. The molecule has 0 amide bonds. The molecule has 1 aromatic heterocycles. The van der Waals surface area contributed by atoms with Gasteiger partial charge in [-0.25, -0.2) is 4.98 Å². The molecule has 0 saturated carbocycles. The fraction of sp³-hybridized carbons (Fsp3) is 0.286. The number of hydrogen-bond donors (Lipinski definition) is 0. The van der Waals surface area contributed by atoms with E-state index in [1.807, 2.05) is 48.0 Å². The van der Waals surface area contributed by atoms with E-state index in [2.05, 4.69) is 4.98 Å². The Morgan fingerprint density at radius 1 is 1.24 bits per heavy atom. The van der Waals surface area contributed by atoms with Crippen LogP contribution < -0.4 is 0 Å². The van der Waals surface area contributed by atoms with Crippen LogP contribution >= 0.6 is 0 Å². The van der Waals surface area contributed by atoms with Crippen LogP contribution in [0, 0.1) is 0 Å². The van der Waals surface area contributed by atoms with Crippen LogP contribution in [0.1, 0.15) is 18.3 Å². The number of carbonyl (C=O) groups excluding carboxylic acids is 1. The molecule has 0 saturated heterocycles. The first-order valence-corrected chi connectivity index (χ1v) is 5.85. The molecule has 0 aliphatic rings. The Morgan fingerprint density at radius 3 is 2.71 bits per heavy atom. The lowest BCUT2D eigenvalue weighted by molar-refractivity contribution is -0.117. The molecule has 0 fully saturated rings. The van der Waals surface area contributed by atoms with Gasteiger partial charge in [0.1, 0.15) is 11.6 Å². The van der Waals surface area contributed by atoms with Crippen molar-refractivity contribution in [3.05, 3.63) is 54.1 Å². The van der Waals surface area contributed by atoms with Crippen LogP contribution in [0.2, 0.25) is 0 Å². The first kappa shape index (κ1) is 11.6. The second-order valence-electron chi connectivity index (χ2n) is 4.01. The summed E-state index contributed by atoms with van der Waals surface area (Å²) in [5, 5.41) is 0. The quantitative estimate of drug-likeness (QED) is 0.786. The summed E-state index contributed by atoms with van der Waals surface area (Å²) in [6.45, 7) is 2.90. The minimum atomic E-state index is 0.206. The van der Waals surface area contributed by atoms with Crippen molar-refractivity contribution in [1.29, 1.82) is 0 Å². The molecule has 0 aliphatic heterocycles. The van der Waals surface area contributed by atoms with Gasteiger partial charge >= 0.3 is 0 Å². The molecule has 2 rings (SSSR count). The Bertz CT molecular complexity index is 488. The Hall–Kier alpha value is -1.90. The van der Waals surface area contributed by atoms with Gasteiger partial charge in [0.2, 0.25) is 0 Å². The number of rotatable bonds is 5. The van der Waals surface area contributed by atoms with Gasteiger partial charge in [0.15, 0.2) is 0 Å². The maximum Gasteiger partial charge on any atom is 0.144 e. The Balaban J connectivity index is 1.98. The number of ketones is 1. The van der Waals surface area contributed by atoms with Gasteiger partial charge in [0.25, 0.3) is 0 Å². The van der Waals surface area contributed by atoms with Crippen molar-refractivity contribution in [2.45, 2.75) is 26.3 Å². The lowest BCUT2D eigenvalue weighted by Gasteiger charge is -2.04. The predicted molar refractivity (Wildman–Crippen MR) is 66.8 cm³/mol. The van der Waals surface area contributed by atoms with E-state index in [9.17, 15) is 4.79 Å². The second kappa shape index (κ2) is 5.43. The van der Waals surface area contributed by atoms with E-state index in [1.54, 1.807) is 6.20 Å². The highest BCUT2D eigenvalue weighted by Gasteiger charge is 2.08. The molecule has 1 heterocycles. The molecule has 2 aromatic rings.